The Labute approximate surface area is 121 Å². The minimum atomic E-state index is 0.253. The topological polar surface area (TPSA) is 46.3 Å². The lowest BCUT2D eigenvalue weighted by molar-refractivity contribution is -0.119. The molecule has 3 rings (SSSR count). The summed E-state index contributed by atoms with van der Waals surface area (Å²) in [4.78, 5) is 14.2. The summed E-state index contributed by atoms with van der Waals surface area (Å²) in [6.07, 6.45) is 6.10. The van der Waals surface area contributed by atoms with Gasteiger partial charge in [-0.05, 0) is 54.7 Å². The van der Waals surface area contributed by atoms with Crippen LogP contribution >= 0.6 is 0 Å². The van der Waals surface area contributed by atoms with Gasteiger partial charge in [0.05, 0.1) is 0 Å². The molecule has 2 saturated carbocycles. The Morgan fingerprint density at radius 3 is 2.55 bits per heavy atom. The second-order valence-electron chi connectivity index (χ2n) is 6.46. The van der Waals surface area contributed by atoms with Crippen LogP contribution in [0.2, 0.25) is 0 Å². The molecule has 1 amide bonds. The van der Waals surface area contributed by atoms with E-state index in [2.05, 4.69) is 0 Å². The molecular formula is C17H24N2O. The van der Waals surface area contributed by atoms with Gasteiger partial charge in [0, 0.05) is 25.7 Å². The third-order valence-corrected chi connectivity index (χ3v) is 5.25. The number of nitrogens with two attached hydrogens (primary N) is 1. The Bertz CT molecular complexity index is 482. The molecule has 3 nitrogen and oxygen atoms in total. The predicted molar refractivity (Wildman–Crippen MR) is 81.3 cm³/mol. The van der Waals surface area contributed by atoms with Crippen molar-refractivity contribution < 1.29 is 4.79 Å². The van der Waals surface area contributed by atoms with Gasteiger partial charge in [0.15, 0.2) is 0 Å². The lowest BCUT2D eigenvalue weighted by Crippen LogP contribution is -2.29. The van der Waals surface area contributed by atoms with Crippen LogP contribution in [0.25, 0.3) is 0 Å². The van der Waals surface area contributed by atoms with Gasteiger partial charge in [-0.15, -0.1) is 0 Å². The van der Waals surface area contributed by atoms with Crippen molar-refractivity contribution in [3.05, 3.63) is 29.8 Å². The van der Waals surface area contributed by atoms with Gasteiger partial charge in [-0.3, -0.25) is 4.79 Å². The second-order valence-corrected chi connectivity index (χ2v) is 6.46. The molecule has 0 aliphatic heterocycles. The fourth-order valence-electron chi connectivity index (χ4n) is 3.99. The zero-order valence-electron chi connectivity index (χ0n) is 12.2. The van der Waals surface area contributed by atoms with Gasteiger partial charge >= 0.3 is 0 Å². The largest absolute Gasteiger partial charge is 0.326 e. The van der Waals surface area contributed by atoms with Crippen LogP contribution in [0.3, 0.4) is 0 Å². The molecule has 108 valence electrons. The predicted octanol–water partition coefficient (Wildman–Crippen LogP) is 2.93. The summed E-state index contributed by atoms with van der Waals surface area (Å²) in [5.41, 5.74) is 7.67. The highest BCUT2D eigenvalue weighted by Crippen LogP contribution is 2.49. The van der Waals surface area contributed by atoms with Gasteiger partial charge in [-0.25, -0.2) is 0 Å². The molecule has 2 aliphatic carbocycles. The van der Waals surface area contributed by atoms with Gasteiger partial charge < -0.3 is 10.6 Å². The van der Waals surface area contributed by atoms with E-state index in [4.69, 9.17) is 5.73 Å². The van der Waals surface area contributed by atoms with Crippen LogP contribution in [-0.2, 0) is 11.3 Å². The first-order chi connectivity index (χ1) is 9.67. The number of anilines is 1. The molecule has 3 atom stereocenters. The van der Waals surface area contributed by atoms with Gasteiger partial charge in [0.25, 0.3) is 0 Å². The number of fused-ring (bicyclic) bond motifs is 2. The molecule has 2 aliphatic rings. The smallest absolute Gasteiger partial charge is 0.227 e. The van der Waals surface area contributed by atoms with Crippen molar-refractivity contribution in [3.8, 4) is 0 Å². The van der Waals surface area contributed by atoms with Crippen molar-refractivity contribution >= 4 is 11.6 Å². The first-order valence-corrected chi connectivity index (χ1v) is 7.73. The molecule has 1 aromatic rings. The van der Waals surface area contributed by atoms with E-state index in [0.29, 0.717) is 12.5 Å². The van der Waals surface area contributed by atoms with E-state index < -0.39 is 0 Å². The fourth-order valence-corrected chi connectivity index (χ4v) is 3.99. The standard InChI is InChI=1S/C17H24N2O/c1-19(16-6-3-12(11-18)4-7-16)17(20)10-15-9-13-2-5-14(15)8-13/h3-4,6-7,13-15H,2,5,8-11,18H2,1H3. The number of hydrogen-bond acceptors (Lipinski definition) is 2. The minimum absolute atomic E-state index is 0.253. The molecule has 0 saturated heterocycles. The van der Waals surface area contributed by atoms with Crippen LogP contribution < -0.4 is 10.6 Å². The number of carbonyl (C=O) groups excluding carboxylic acids is 1. The zero-order valence-corrected chi connectivity index (χ0v) is 12.2. The number of benzene rings is 1. The summed E-state index contributed by atoms with van der Waals surface area (Å²) in [5, 5.41) is 0. The first-order valence-electron chi connectivity index (χ1n) is 7.73. The van der Waals surface area contributed by atoms with E-state index in [1.54, 1.807) is 4.90 Å². The number of nitrogens with zero attached hydrogens (tertiary/aromatic N) is 1. The van der Waals surface area contributed by atoms with Gasteiger partial charge in [0.2, 0.25) is 5.91 Å². The first kappa shape index (κ1) is 13.6. The van der Waals surface area contributed by atoms with Crippen molar-refractivity contribution in [2.45, 2.75) is 38.6 Å². The maximum atomic E-state index is 12.4. The van der Waals surface area contributed by atoms with Crippen molar-refractivity contribution in [3.63, 3.8) is 0 Å². The van der Waals surface area contributed by atoms with Crippen LogP contribution in [0.15, 0.2) is 24.3 Å². The highest BCUT2D eigenvalue weighted by molar-refractivity contribution is 5.92. The molecular weight excluding hydrogens is 248 g/mol. The maximum Gasteiger partial charge on any atom is 0.227 e. The van der Waals surface area contributed by atoms with E-state index in [-0.39, 0.29) is 5.91 Å². The van der Waals surface area contributed by atoms with E-state index in [1.165, 1.54) is 25.7 Å². The zero-order chi connectivity index (χ0) is 14.1. The van der Waals surface area contributed by atoms with Crippen molar-refractivity contribution in [2.75, 3.05) is 11.9 Å². The Morgan fingerprint density at radius 1 is 1.25 bits per heavy atom. The van der Waals surface area contributed by atoms with E-state index >= 15 is 0 Å². The van der Waals surface area contributed by atoms with Gasteiger partial charge in [-0.1, -0.05) is 18.6 Å². The van der Waals surface area contributed by atoms with Crippen LogP contribution in [0, 0.1) is 17.8 Å². The summed E-state index contributed by atoms with van der Waals surface area (Å²) in [6, 6.07) is 7.97. The van der Waals surface area contributed by atoms with E-state index in [1.807, 2.05) is 31.3 Å². The lowest BCUT2D eigenvalue weighted by atomic mass is 9.86. The molecule has 3 unspecified atom stereocenters. The Kier molecular flexibility index (Phi) is 3.79. The van der Waals surface area contributed by atoms with Crippen molar-refractivity contribution in [1.29, 1.82) is 0 Å². The lowest BCUT2D eigenvalue weighted by Gasteiger charge is -2.24. The highest BCUT2D eigenvalue weighted by Gasteiger charge is 2.40. The molecule has 20 heavy (non-hydrogen) atoms. The Balaban J connectivity index is 1.61. The summed E-state index contributed by atoms with van der Waals surface area (Å²) < 4.78 is 0. The number of amides is 1. The monoisotopic (exact) mass is 272 g/mol. The van der Waals surface area contributed by atoms with Crippen LogP contribution in [0.1, 0.15) is 37.7 Å². The summed E-state index contributed by atoms with van der Waals surface area (Å²) >= 11 is 0. The average molecular weight is 272 g/mol. The van der Waals surface area contributed by atoms with Crippen LogP contribution in [0.4, 0.5) is 5.69 Å². The van der Waals surface area contributed by atoms with E-state index in [9.17, 15) is 4.79 Å². The second kappa shape index (κ2) is 5.57. The average Bonchev–Trinajstić information content (AvgIpc) is 3.09. The van der Waals surface area contributed by atoms with Crippen LogP contribution in [-0.4, -0.2) is 13.0 Å². The third kappa shape index (κ3) is 2.59. The molecule has 2 bridgehead atoms. The number of hydrogen-bond donors (Lipinski definition) is 1. The van der Waals surface area contributed by atoms with Crippen LogP contribution in [0.5, 0.6) is 0 Å². The maximum absolute atomic E-state index is 12.4. The van der Waals surface area contributed by atoms with Crippen molar-refractivity contribution in [2.24, 2.45) is 23.5 Å². The molecule has 0 radical (unpaired) electrons. The molecule has 2 N–H and O–H groups in total. The van der Waals surface area contributed by atoms with Crippen molar-refractivity contribution in [1.82, 2.24) is 0 Å². The summed E-state index contributed by atoms with van der Waals surface area (Å²) in [6.45, 7) is 0.545. The quantitative estimate of drug-likeness (QED) is 0.916. The number of carbonyl (C=O) groups is 1. The highest BCUT2D eigenvalue weighted by atomic mass is 16.2. The van der Waals surface area contributed by atoms with Gasteiger partial charge in [0.1, 0.15) is 0 Å². The van der Waals surface area contributed by atoms with Gasteiger partial charge in [-0.2, -0.15) is 0 Å². The Morgan fingerprint density at radius 2 is 2.00 bits per heavy atom. The molecule has 3 heteroatoms. The van der Waals surface area contributed by atoms with E-state index in [0.717, 1.165) is 29.5 Å². The Hall–Kier alpha value is -1.35. The summed E-state index contributed by atoms with van der Waals surface area (Å²) in [7, 11) is 1.88. The molecule has 0 aromatic heterocycles. The molecule has 2 fully saturated rings. The molecule has 0 spiro atoms. The minimum Gasteiger partial charge on any atom is -0.326 e. The summed E-state index contributed by atoms with van der Waals surface area (Å²) in [5.74, 6) is 2.61. The number of rotatable bonds is 4. The normalized spacial score (nSPS) is 27.8. The SMILES string of the molecule is CN(C(=O)CC1CC2CCC1C2)c1ccc(CN)cc1. The fraction of sp³-hybridized carbons (Fsp3) is 0.588. The molecule has 1 aromatic carbocycles. The molecule has 0 heterocycles. The third-order valence-electron chi connectivity index (χ3n) is 5.25.